The molecule has 0 radical (unpaired) electrons. The van der Waals surface area contributed by atoms with Crippen LogP contribution >= 0.6 is 15.9 Å². The summed E-state index contributed by atoms with van der Waals surface area (Å²) in [5.74, 6) is -0.278. The average molecular weight is 346 g/mol. The predicted molar refractivity (Wildman–Crippen MR) is 80.3 cm³/mol. The van der Waals surface area contributed by atoms with Crippen LogP contribution in [0.4, 0.5) is 4.39 Å². The number of morpholine rings is 1. The van der Waals surface area contributed by atoms with Crippen molar-refractivity contribution >= 4 is 15.9 Å². The Morgan fingerprint density at radius 3 is 2.70 bits per heavy atom. The maximum absolute atomic E-state index is 13.3. The lowest BCUT2D eigenvalue weighted by Crippen LogP contribution is -2.56. The number of benzene rings is 1. The number of nitrogens with zero attached hydrogens (tertiary/aromatic N) is 1. The van der Waals surface area contributed by atoms with Gasteiger partial charge in [-0.05, 0) is 37.6 Å². The Kier molecular flexibility index (Phi) is 5.18. The van der Waals surface area contributed by atoms with Crippen molar-refractivity contribution in [3.8, 4) is 0 Å². The van der Waals surface area contributed by atoms with E-state index >= 15 is 0 Å². The van der Waals surface area contributed by atoms with Crippen LogP contribution in [0.3, 0.4) is 0 Å². The van der Waals surface area contributed by atoms with Gasteiger partial charge < -0.3 is 9.84 Å². The van der Waals surface area contributed by atoms with E-state index in [1.165, 1.54) is 12.1 Å². The van der Waals surface area contributed by atoms with E-state index in [1.807, 2.05) is 13.8 Å². The molecule has 1 aliphatic rings. The summed E-state index contributed by atoms with van der Waals surface area (Å²) in [5, 5.41) is 10.6. The molecule has 112 valence electrons. The van der Waals surface area contributed by atoms with Crippen LogP contribution in [0.25, 0.3) is 0 Å². The van der Waals surface area contributed by atoms with Gasteiger partial charge >= 0.3 is 0 Å². The molecule has 0 saturated carbocycles. The monoisotopic (exact) mass is 345 g/mol. The number of halogens is 2. The van der Waals surface area contributed by atoms with E-state index in [-0.39, 0.29) is 11.4 Å². The number of hydrogen-bond donors (Lipinski definition) is 1. The van der Waals surface area contributed by atoms with Crippen LogP contribution in [-0.2, 0) is 11.2 Å². The standard InChI is InChI=1S/C15H21BrFNO2/c1-15(2,18-5-7-20-8-6-18)14(19)10-11-9-12(17)3-4-13(11)16/h3-4,9,14,19H,5-8,10H2,1-2H3. The number of aliphatic hydroxyl groups excluding tert-OH is 1. The molecule has 1 N–H and O–H groups in total. The molecule has 0 spiro atoms. The molecule has 5 heteroatoms. The van der Waals surface area contributed by atoms with Crippen molar-refractivity contribution in [1.29, 1.82) is 0 Å². The van der Waals surface area contributed by atoms with E-state index in [2.05, 4.69) is 20.8 Å². The minimum absolute atomic E-state index is 0.278. The quantitative estimate of drug-likeness (QED) is 0.910. The molecule has 0 aliphatic carbocycles. The highest BCUT2D eigenvalue weighted by Gasteiger charge is 2.35. The highest BCUT2D eigenvalue weighted by atomic mass is 79.9. The lowest BCUT2D eigenvalue weighted by Gasteiger charge is -2.43. The first-order valence-corrected chi connectivity index (χ1v) is 7.65. The molecule has 1 fully saturated rings. The highest BCUT2D eigenvalue weighted by molar-refractivity contribution is 9.10. The molecule has 1 atom stereocenters. The second-order valence-corrected chi connectivity index (χ2v) is 6.56. The van der Waals surface area contributed by atoms with E-state index < -0.39 is 6.10 Å². The summed E-state index contributed by atoms with van der Waals surface area (Å²) in [6, 6.07) is 4.56. The molecule has 1 saturated heterocycles. The second kappa shape index (κ2) is 6.52. The largest absolute Gasteiger partial charge is 0.391 e. The molecule has 1 aromatic rings. The van der Waals surface area contributed by atoms with Crippen molar-refractivity contribution < 1.29 is 14.2 Å². The van der Waals surface area contributed by atoms with Crippen LogP contribution in [0, 0.1) is 5.82 Å². The number of ether oxygens (including phenoxy) is 1. The number of aliphatic hydroxyl groups is 1. The first-order chi connectivity index (χ1) is 9.41. The zero-order valence-electron chi connectivity index (χ0n) is 11.9. The molecular formula is C15H21BrFNO2. The molecule has 20 heavy (non-hydrogen) atoms. The molecule has 1 unspecified atom stereocenters. The fraction of sp³-hybridized carbons (Fsp3) is 0.600. The summed E-state index contributed by atoms with van der Waals surface area (Å²) in [4.78, 5) is 2.23. The van der Waals surface area contributed by atoms with E-state index in [1.54, 1.807) is 6.07 Å². The van der Waals surface area contributed by atoms with Gasteiger partial charge in [-0.25, -0.2) is 4.39 Å². The minimum atomic E-state index is -0.571. The van der Waals surface area contributed by atoms with Crippen LogP contribution in [0.1, 0.15) is 19.4 Å². The van der Waals surface area contributed by atoms with Crippen molar-refractivity contribution in [2.75, 3.05) is 26.3 Å². The van der Waals surface area contributed by atoms with Gasteiger partial charge in [-0.2, -0.15) is 0 Å². The first kappa shape index (κ1) is 15.9. The lowest BCUT2D eigenvalue weighted by atomic mass is 9.89. The summed E-state index contributed by atoms with van der Waals surface area (Å²) >= 11 is 3.41. The second-order valence-electron chi connectivity index (χ2n) is 5.71. The van der Waals surface area contributed by atoms with Gasteiger partial charge in [-0.3, -0.25) is 4.90 Å². The Bertz CT molecular complexity index is 461. The average Bonchev–Trinajstić information content (AvgIpc) is 2.43. The van der Waals surface area contributed by atoms with E-state index in [0.29, 0.717) is 19.6 Å². The fourth-order valence-electron chi connectivity index (χ4n) is 2.51. The zero-order chi connectivity index (χ0) is 14.8. The van der Waals surface area contributed by atoms with Crippen LogP contribution < -0.4 is 0 Å². The van der Waals surface area contributed by atoms with Crippen molar-refractivity contribution in [3.63, 3.8) is 0 Å². The summed E-state index contributed by atoms with van der Waals surface area (Å²) in [6.07, 6.45) is -0.151. The third-order valence-corrected chi connectivity index (χ3v) is 4.84. The Hall–Kier alpha value is -0.490. The molecule has 1 aliphatic heterocycles. The van der Waals surface area contributed by atoms with Gasteiger partial charge in [0.05, 0.1) is 19.3 Å². The van der Waals surface area contributed by atoms with Crippen LogP contribution in [-0.4, -0.2) is 48.0 Å². The van der Waals surface area contributed by atoms with Gasteiger partial charge in [0.1, 0.15) is 5.82 Å². The molecule has 1 aromatic carbocycles. The summed E-state index contributed by atoms with van der Waals surface area (Å²) < 4.78 is 19.5. The summed E-state index contributed by atoms with van der Waals surface area (Å²) in [5.41, 5.74) is 0.425. The van der Waals surface area contributed by atoms with Crippen LogP contribution in [0.2, 0.25) is 0 Å². The zero-order valence-corrected chi connectivity index (χ0v) is 13.5. The third kappa shape index (κ3) is 3.58. The molecule has 0 bridgehead atoms. The summed E-state index contributed by atoms with van der Waals surface area (Å²) in [6.45, 7) is 7.06. The molecule has 3 nitrogen and oxygen atoms in total. The minimum Gasteiger partial charge on any atom is -0.391 e. The Morgan fingerprint density at radius 1 is 1.40 bits per heavy atom. The normalized spacial score (nSPS) is 19.1. The predicted octanol–water partition coefficient (Wildman–Crippen LogP) is 2.60. The van der Waals surface area contributed by atoms with Crippen molar-refractivity contribution in [2.24, 2.45) is 0 Å². The van der Waals surface area contributed by atoms with Gasteiger partial charge in [0.15, 0.2) is 0 Å². The smallest absolute Gasteiger partial charge is 0.123 e. The molecule has 2 rings (SSSR count). The Balaban J connectivity index is 2.09. The topological polar surface area (TPSA) is 32.7 Å². The highest BCUT2D eigenvalue weighted by Crippen LogP contribution is 2.26. The van der Waals surface area contributed by atoms with E-state index in [4.69, 9.17) is 4.74 Å². The molecule has 1 heterocycles. The van der Waals surface area contributed by atoms with Gasteiger partial charge in [0.25, 0.3) is 0 Å². The van der Waals surface area contributed by atoms with Crippen molar-refractivity contribution in [1.82, 2.24) is 4.90 Å². The first-order valence-electron chi connectivity index (χ1n) is 6.86. The van der Waals surface area contributed by atoms with Gasteiger partial charge in [-0.1, -0.05) is 15.9 Å². The Morgan fingerprint density at radius 2 is 2.05 bits per heavy atom. The maximum atomic E-state index is 13.3. The lowest BCUT2D eigenvalue weighted by molar-refractivity contribution is -0.0612. The number of hydrogen-bond acceptors (Lipinski definition) is 3. The van der Waals surface area contributed by atoms with Crippen molar-refractivity contribution in [3.05, 3.63) is 34.1 Å². The van der Waals surface area contributed by atoms with Gasteiger partial charge in [0, 0.05) is 29.5 Å². The molecule has 0 amide bonds. The van der Waals surface area contributed by atoms with Gasteiger partial charge in [-0.15, -0.1) is 0 Å². The van der Waals surface area contributed by atoms with Crippen molar-refractivity contribution in [2.45, 2.75) is 31.9 Å². The fourth-order valence-corrected chi connectivity index (χ4v) is 2.92. The molecular weight excluding hydrogens is 325 g/mol. The SMILES string of the molecule is CC(C)(C(O)Cc1cc(F)ccc1Br)N1CCOCC1. The third-order valence-electron chi connectivity index (χ3n) is 4.06. The number of rotatable bonds is 4. The Labute approximate surface area is 127 Å². The maximum Gasteiger partial charge on any atom is 0.123 e. The molecule has 0 aromatic heterocycles. The van der Waals surface area contributed by atoms with Gasteiger partial charge in [0.2, 0.25) is 0 Å². The van der Waals surface area contributed by atoms with E-state index in [0.717, 1.165) is 23.1 Å². The summed E-state index contributed by atoms with van der Waals surface area (Å²) in [7, 11) is 0. The van der Waals surface area contributed by atoms with Crippen LogP contribution in [0.15, 0.2) is 22.7 Å². The van der Waals surface area contributed by atoms with Crippen LogP contribution in [0.5, 0.6) is 0 Å². The van der Waals surface area contributed by atoms with E-state index in [9.17, 15) is 9.50 Å².